The molecular formula is C13H22N4O. The molecule has 3 heterocycles. The highest BCUT2D eigenvalue weighted by Crippen LogP contribution is 2.27. The Kier molecular flexibility index (Phi) is 3.35. The summed E-state index contributed by atoms with van der Waals surface area (Å²) in [5, 5.41) is 7.50. The van der Waals surface area contributed by atoms with E-state index in [0.717, 1.165) is 36.5 Å². The second kappa shape index (κ2) is 4.97. The highest BCUT2D eigenvalue weighted by atomic mass is 16.5. The maximum atomic E-state index is 5.33. The molecule has 0 aromatic carbocycles. The minimum Gasteiger partial charge on any atom is -0.338 e. The fourth-order valence-corrected chi connectivity index (χ4v) is 3.08. The third-order valence-electron chi connectivity index (χ3n) is 3.92. The summed E-state index contributed by atoms with van der Waals surface area (Å²) in [6, 6.07) is 0. The molecule has 0 radical (unpaired) electrons. The second-order valence-corrected chi connectivity index (χ2v) is 6.07. The molecular weight excluding hydrogens is 228 g/mol. The zero-order valence-corrected chi connectivity index (χ0v) is 11.2. The SMILES string of the molecule is CC(C)Cc1noc(CN2CC3CNCC3C2)n1. The van der Waals surface area contributed by atoms with Crippen molar-refractivity contribution in [2.45, 2.75) is 26.8 Å². The van der Waals surface area contributed by atoms with Crippen LogP contribution in [0, 0.1) is 17.8 Å². The molecule has 0 spiro atoms. The van der Waals surface area contributed by atoms with Gasteiger partial charge < -0.3 is 9.84 Å². The molecule has 0 bridgehead atoms. The lowest BCUT2D eigenvalue weighted by Crippen LogP contribution is -2.25. The Hall–Kier alpha value is -0.940. The van der Waals surface area contributed by atoms with Crippen molar-refractivity contribution in [3.63, 3.8) is 0 Å². The van der Waals surface area contributed by atoms with Crippen LogP contribution in [0.25, 0.3) is 0 Å². The monoisotopic (exact) mass is 250 g/mol. The molecule has 2 fully saturated rings. The normalized spacial score (nSPS) is 28.2. The Balaban J connectivity index is 1.55. The van der Waals surface area contributed by atoms with Crippen LogP contribution < -0.4 is 5.32 Å². The number of rotatable bonds is 4. The van der Waals surface area contributed by atoms with Gasteiger partial charge >= 0.3 is 0 Å². The summed E-state index contributed by atoms with van der Waals surface area (Å²) in [6.07, 6.45) is 0.901. The number of hydrogen-bond donors (Lipinski definition) is 1. The zero-order chi connectivity index (χ0) is 12.5. The van der Waals surface area contributed by atoms with Crippen LogP contribution in [0.4, 0.5) is 0 Å². The molecule has 2 unspecified atom stereocenters. The molecule has 18 heavy (non-hydrogen) atoms. The summed E-state index contributed by atoms with van der Waals surface area (Å²) in [5.41, 5.74) is 0. The van der Waals surface area contributed by atoms with Gasteiger partial charge in [-0.15, -0.1) is 0 Å². The van der Waals surface area contributed by atoms with E-state index in [-0.39, 0.29) is 0 Å². The van der Waals surface area contributed by atoms with Crippen LogP contribution in [0.3, 0.4) is 0 Å². The molecule has 0 amide bonds. The molecule has 1 aromatic heterocycles. The van der Waals surface area contributed by atoms with Crippen molar-refractivity contribution in [2.75, 3.05) is 26.2 Å². The Morgan fingerprint density at radius 3 is 2.72 bits per heavy atom. The van der Waals surface area contributed by atoms with Crippen LogP contribution in [-0.4, -0.2) is 41.2 Å². The van der Waals surface area contributed by atoms with Gasteiger partial charge in [0, 0.05) is 19.5 Å². The molecule has 2 saturated heterocycles. The molecule has 100 valence electrons. The van der Waals surface area contributed by atoms with E-state index in [2.05, 4.69) is 34.2 Å². The molecule has 1 aromatic rings. The highest BCUT2D eigenvalue weighted by Gasteiger charge is 2.36. The molecule has 2 aliphatic rings. The lowest BCUT2D eigenvalue weighted by molar-refractivity contribution is 0.253. The molecule has 1 N–H and O–H groups in total. The van der Waals surface area contributed by atoms with Gasteiger partial charge in [0.05, 0.1) is 6.54 Å². The number of aromatic nitrogens is 2. The Morgan fingerprint density at radius 2 is 2.06 bits per heavy atom. The van der Waals surface area contributed by atoms with E-state index in [1.807, 2.05) is 0 Å². The van der Waals surface area contributed by atoms with Crippen molar-refractivity contribution in [2.24, 2.45) is 17.8 Å². The van der Waals surface area contributed by atoms with E-state index in [4.69, 9.17) is 4.52 Å². The summed E-state index contributed by atoms with van der Waals surface area (Å²) < 4.78 is 5.33. The molecule has 5 heteroatoms. The first-order chi connectivity index (χ1) is 8.70. The average molecular weight is 250 g/mol. The van der Waals surface area contributed by atoms with Crippen molar-refractivity contribution in [1.82, 2.24) is 20.4 Å². The smallest absolute Gasteiger partial charge is 0.240 e. The maximum absolute atomic E-state index is 5.33. The third-order valence-corrected chi connectivity index (χ3v) is 3.92. The van der Waals surface area contributed by atoms with Gasteiger partial charge in [-0.2, -0.15) is 4.98 Å². The van der Waals surface area contributed by atoms with E-state index in [0.29, 0.717) is 5.92 Å². The van der Waals surface area contributed by atoms with Crippen LogP contribution >= 0.6 is 0 Å². The average Bonchev–Trinajstić information content (AvgIpc) is 2.93. The predicted molar refractivity (Wildman–Crippen MR) is 68.0 cm³/mol. The first-order valence-electron chi connectivity index (χ1n) is 6.95. The second-order valence-electron chi connectivity index (χ2n) is 6.07. The number of hydrogen-bond acceptors (Lipinski definition) is 5. The summed E-state index contributed by atoms with van der Waals surface area (Å²) in [4.78, 5) is 6.92. The van der Waals surface area contributed by atoms with Crippen molar-refractivity contribution in [3.8, 4) is 0 Å². The van der Waals surface area contributed by atoms with Crippen molar-refractivity contribution < 1.29 is 4.52 Å². The highest BCUT2D eigenvalue weighted by molar-refractivity contribution is 4.94. The van der Waals surface area contributed by atoms with Crippen molar-refractivity contribution in [3.05, 3.63) is 11.7 Å². The Labute approximate surface area is 108 Å². The Morgan fingerprint density at radius 1 is 1.33 bits per heavy atom. The van der Waals surface area contributed by atoms with Crippen LogP contribution in [0.15, 0.2) is 4.52 Å². The summed E-state index contributed by atoms with van der Waals surface area (Å²) in [7, 11) is 0. The van der Waals surface area contributed by atoms with E-state index in [9.17, 15) is 0 Å². The number of nitrogens with zero attached hydrogens (tertiary/aromatic N) is 3. The summed E-state index contributed by atoms with van der Waals surface area (Å²) in [6.45, 7) is 9.83. The van der Waals surface area contributed by atoms with Gasteiger partial charge in [0.1, 0.15) is 0 Å². The van der Waals surface area contributed by atoms with Crippen molar-refractivity contribution >= 4 is 0 Å². The van der Waals surface area contributed by atoms with E-state index in [1.165, 1.54) is 26.2 Å². The lowest BCUT2D eigenvalue weighted by atomic mass is 10.0. The fraction of sp³-hybridized carbons (Fsp3) is 0.846. The van der Waals surface area contributed by atoms with Gasteiger partial charge in [-0.25, -0.2) is 0 Å². The summed E-state index contributed by atoms with van der Waals surface area (Å²) >= 11 is 0. The van der Waals surface area contributed by atoms with Gasteiger partial charge in [0.2, 0.25) is 5.89 Å². The molecule has 2 atom stereocenters. The van der Waals surface area contributed by atoms with Crippen LogP contribution in [0.2, 0.25) is 0 Å². The first kappa shape index (κ1) is 12.1. The zero-order valence-electron chi connectivity index (χ0n) is 11.2. The van der Waals surface area contributed by atoms with E-state index >= 15 is 0 Å². The molecule has 2 aliphatic heterocycles. The minimum absolute atomic E-state index is 0.577. The standard InChI is InChI=1S/C13H22N4O/c1-9(2)3-12-15-13(18-16-12)8-17-6-10-4-14-5-11(10)7-17/h9-11,14H,3-8H2,1-2H3. The third kappa shape index (κ3) is 2.57. The van der Waals surface area contributed by atoms with E-state index in [1.54, 1.807) is 0 Å². The molecule has 0 saturated carbocycles. The molecule has 5 nitrogen and oxygen atoms in total. The molecule has 3 rings (SSSR count). The van der Waals surface area contributed by atoms with Crippen LogP contribution in [0.5, 0.6) is 0 Å². The molecule has 0 aliphatic carbocycles. The van der Waals surface area contributed by atoms with Gasteiger partial charge in [-0.1, -0.05) is 19.0 Å². The Bertz CT molecular complexity index is 391. The van der Waals surface area contributed by atoms with Crippen LogP contribution in [-0.2, 0) is 13.0 Å². The fourth-order valence-electron chi connectivity index (χ4n) is 3.08. The largest absolute Gasteiger partial charge is 0.338 e. The van der Waals surface area contributed by atoms with Gasteiger partial charge in [0.15, 0.2) is 5.82 Å². The lowest BCUT2D eigenvalue weighted by Gasteiger charge is -2.13. The van der Waals surface area contributed by atoms with Gasteiger partial charge in [0.25, 0.3) is 0 Å². The topological polar surface area (TPSA) is 54.2 Å². The number of fused-ring (bicyclic) bond motifs is 1. The van der Waals surface area contributed by atoms with Crippen molar-refractivity contribution in [1.29, 1.82) is 0 Å². The van der Waals surface area contributed by atoms with Gasteiger partial charge in [-0.05, 0) is 30.8 Å². The maximum Gasteiger partial charge on any atom is 0.240 e. The quantitative estimate of drug-likeness (QED) is 0.861. The van der Waals surface area contributed by atoms with E-state index < -0.39 is 0 Å². The van der Waals surface area contributed by atoms with Gasteiger partial charge in [-0.3, -0.25) is 4.90 Å². The predicted octanol–water partition coefficient (Wildman–Crippen LogP) is 0.919. The number of likely N-dealkylation sites (tertiary alicyclic amines) is 1. The first-order valence-corrected chi connectivity index (χ1v) is 6.95. The minimum atomic E-state index is 0.577. The summed E-state index contributed by atoms with van der Waals surface area (Å²) in [5.74, 6) is 3.85. The number of nitrogens with one attached hydrogen (secondary N) is 1. The van der Waals surface area contributed by atoms with Crippen LogP contribution in [0.1, 0.15) is 25.6 Å².